The van der Waals surface area contributed by atoms with E-state index in [1.54, 1.807) is 24.5 Å². The maximum atomic E-state index is 11.6. The van der Waals surface area contributed by atoms with Gasteiger partial charge in [0.15, 0.2) is 0 Å². The Morgan fingerprint density at radius 2 is 1.96 bits per heavy atom. The molecule has 1 amide bonds. The number of piperidine rings is 1. The van der Waals surface area contributed by atoms with Crippen LogP contribution in [0.1, 0.15) is 40.5 Å². The second kappa shape index (κ2) is 8.27. The lowest BCUT2D eigenvalue weighted by Crippen LogP contribution is -2.34. The van der Waals surface area contributed by atoms with E-state index in [0.717, 1.165) is 55.1 Å². The molecule has 142 valence electrons. The lowest BCUT2D eigenvalue weighted by molar-refractivity contribution is 0.100. The van der Waals surface area contributed by atoms with E-state index in [0.29, 0.717) is 11.5 Å². The fourth-order valence-corrected chi connectivity index (χ4v) is 3.83. The lowest BCUT2D eigenvalue weighted by Gasteiger charge is -2.32. The van der Waals surface area contributed by atoms with E-state index in [-0.39, 0.29) is 0 Å². The third-order valence-electron chi connectivity index (χ3n) is 5.15. The number of hydrogen-bond acceptors (Lipinski definition) is 5. The van der Waals surface area contributed by atoms with Crippen molar-refractivity contribution in [2.45, 2.75) is 25.3 Å². The number of amides is 1. The summed E-state index contributed by atoms with van der Waals surface area (Å²) < 4.78 is 0. The molecule has 28 heavy (non-hydrogen) atoms. The van der Waals surface area contributed by atoms with Crippen molar-refractivity contribution in [1.29, 1.82) is 0 Å². The van der Waals surface area contributed by atoms with Gasteiger partial charge in [-0.05, 0) is 43.7 Å². The maximum Gasteiger partial charge on any atom is 0.248 e. The first-order valence-corrected chi connectivity index (χ1v) is 9.54. The van der Waals surface area contributed by atoms with Crippen LogP contribution in [0, 0.1) is 0 Å². The van der Waals surface area contributed by atoms with Crippen LogP contribution in [0.3, 0.4) is 0 Å². The van der Waals surface area contributed by atoms with Crippen LogP contribution in [0.25, 0.3) is 11.3 Å². The zero-order valence-corrected chi connectivity index (χ0v) is 15.7. The zero-order valence-electron chi connectivity index (χ0n) is 15.7. The highest BCUT2D eigenvalue weighted by molar-refractivity contribution is 5.94. The van der Waals surface area contributed by atoms with Crippen LogP contribution in [-0.2, 0) is 6.54 Å². The Balaban J connectivity index is 1.59. The van der Waals surface area contributed by atoms with Crippen molar-refractivity contribution in [3.63, 3.8) is 0 Å². The van der Waals surface area contributed by atoms with Crippen LogP contribution < -0.4 is 5.73 Å². The van der Waals surface area contributed by atoms with Crippen molar-refractivity contribution in [3.05, 3.63) is 78.0 Å². The number of rotatable bonds is 5. The van der Waals surface area contributed by atoms with E-state index < -0.39 is 5.91 Å². The summed E-state index contributed by atoms with van der Waals surface area (Å²) in [5.41, 5.74) is 9.69. The summed E-state index contributed by atoms with van der Waals surface area (Å²) in [6.45, 7) is 2.81. The predicted octanol–water partition coefficient (Wildman–Crippen LogP) is 3.02. The quantitative estimate of drug-likeness (QED) is 0.743. The predicted molar refractivity (Wildman–Crippen MR) is 107 cm³/mol. The summed E-state index contributed by atoms with van der Waals surface area (Å²) in [6.07, 6.45) is 7.46. The maximum absolute atomic E-state index is 11.6. The molecule has 0 aliphatic carbocycles. The topological polar surface area (TPSA) is 85.0 Å². The van der Waals surface area contributed by atoms with Crippen LogP contribution in [0.15, 0.2) is 61.1 Å². The van der Waals surface area contributed by atoms with Crippen LogP contribution in [0.4, 0.5) is 0 Å². The molecule has 1 unspecified atom stereocenters. The molecule has 1 atom stereocenters. The molecule has 1 saturated heterocycles. The number of aromatic nitrogens is 3. The second-order valence-corrected chi connectivity index (χ2v) is 7.13. The third kappa shape index (κ3) is 4.07. The summed E-state index contributed by atoms with van der Waals surface area (Å²) in [7, 11) is 0. The normalized spacial score (nSPS) is 17.4. The molecule has 2 aromatic heterocycles. The molecule has 1 fully saturated rings. The van der Waals surface area contributed by atoms with Crippen molar-refractivity contribution in [2.24, 2.45) is 5.73 Å². The molecule has 4 rings (SSSR count). The Labute approximate surface area is 164 Å². The highest BCUT2D eigenvalue weighted by Gasteiger charge is 2.25. The van der Waals surface area contributed by atoms with E-state index in [1.165, 1.54) is 0 Å². The van der Waals surface area contributed by atoms with Gasteiger partial charge in [0.1, 0.15) is 0 Å². The van der Waals surface area contributed by atoms with Crippen LogP contribution >= 0.6 is 0 Å². The summed E-state index contributed by atoms with van der Waals surface area (Å²) in [4.78, 5) is 27.7. The molecule has 6 heteroatoms. The average Bonchev–Trinajstić information content (AvgIpc) is 2.75. The van der Waals surface area contributed by atoms with Gasteiger partial charge >= 0.3 is 0 Å². The standard InChI is InChI=1S/C22H23N5O/c23-22(28)17-6-3-5-16(13-17)20-21(26-11-10-25-20)18-7-4-12-27(14-18)15-19-8-1-2-9-24-19/h1-3,5-6,8-11,13,18H,4,7,12,14-15H2,(H2,23,28). The smallest absolute Gasteiger partial charge is 0.248 e. The zero-order chi connectivity index (χ0) is 19.3. The largest absolute Gasteiger partial charge is 0.366 e. The van der Waals surface area contributed by atoms with Gasteiger partial charge in [0.2, 0.25) is 5.91 Å². The van der Waals surface area contributed by atoms with E-state index in [1.807, 2.05) is 30.5 Å². The SMILES string of the molecule is NC(=O)c1cccc(-c2nccnc2C2CCCN(Cc3ccccn3)C2)c1. The number of pyridine rings is 1. The number of carbonyl (C=O) groups excluding carboxylic acids is 1. The van der Waals surface area contributed by atoms with Gasteiger partial charge in [-0.2, -0.15) is 0 Å². The molecule has 1 aliphatic rings. The van der Waals surface area contributed by atoms with Crippen LogP contribution in [0.5, 0.6) is 0 Å². The number of carbonyl (C=O) groups is 1. The van der Waals surface area contributed by atoms with Gasteiger partial charge in [-0.1, -0.05) is 18.2 Å². The van der Waals surface area contributed by atoms with Gasteiger partial charge in [-0.15, -0.1) is 0 Å². The lowest BCUT2D eigenvalue weighted by atomic mass is 9.91. The molecule has 3 heterocycles. The fraction of sp³-hybridized carbons (Fsp3) is 0.273. The first-order valence-electron chi connectivity index (χ1n) is 9.54. The Morgan fingerprint density at radius 3 is 2.79 bits per heavy atom. The number of nitrogens with two attached hydrogens (primary N) is 1. The van der Waals surface area contributed by atoms with Crippen molar-refractivity contribution in [3.8, 4) is 11.3 Å². The Morgan fingerprint density at radius 1 is 1.07 bits per heavy atom. The minimum Gasteiger partial charge on any atom is -0.366 e. The summed E-state index contributed by atoms with van der Waals surface area (Å²) in [6, 6.07) is 13.3. The molecular weight excluding hydrogens is 350 g/mol. The molecule has 0 bridgehead atoms. The first-order chi connectivity index (χ1) is 13.7. The van der Waals surface area contributed by atoms with Crippen molar-refractivity contribution >= 4 is 5.91 Å². The third-order valence-corrected chi connectivity index (χ3v) is 5.15. The summed E-state index contributed by atoms with van der Waals surface area (Å²) in [5, 5.41) is 0. The number of primary amides is 1. The molecule has 2 N–H and O–H groups in total. The number of hydrogen-bond donors (Lipinski definition) is 1. The number of nitrogens with zero attached hydrogens (tertiary/aromatic N) is 4. The fourth-order valence-electron chi connectivity index (χ4n) is 3.83. The van der Waals surface area contributed by atoms with Gasteiger partial charge in [0.05, 0.1) is 17.1 Å². The Kier molecular flexibility index (Phi) is 5.39. The number of likely N-dealkylation sites (tertiary alicyclic amines) is 1. The van der Waals surface area contributed by atoms with E-state index >= 15 is 0 Å². The molecular formula is C22H23N5O. The van der Waals surface area contributed by atoms with Crippen LogP contribution in [-0.4, -0.2) is 38.8 Å². The van der Waals surface area contributed by atoms with Crippen LogP contribution in [0.2, 0.25) is 0 Å². The molecule has 0 saturated carbocycles. The summed E-state index contributed by atoms with van der Waals surface area (Å²) in [5.74, 6) is -0.148. The molecule has 0 radical (unpaired) electrons. The minimum absolute atomic E-state index is 0.290. The first kappa shape index (κ1) is 18.3. The van der Waals surface area contributed by atoms with Gasteiger partial charge < -0.3 is 5.73 Å². The average molecular weight is 373 g/mol. The van der Waals surface area contributed by atoms with Gasteiger partial charge in [-0.3, -0.25) is 24.6 Å². The van der Waals surface area contributed by atoms with E-state index in [2.05, 4.69) is 25.9 Å². The molecule has 1 aliphatic heterocycles. The van der Waals surface area contributed by atoms with Gasteiger partial charge in [-0.25, -0.2) is 0 Å². The number of benzene rings is 1. The minimum atomic E-state index is -0.438. The van der Waals surface area contributed by atoms with Crippen molar-refractivity contribution in [2.75, 3.05) is 13.1 Å². The highest BCUT2D eigenvalue weighted by atomic mass is 16.1. The molecule has 1 aromatic carbocycles. The Bertz CT molecular complexity index is 960. The van der Waals surface area contributed by atoms with E-state index in [9.17, 15) is 4.79 Å². The molecule has 0 spiro atoms. The van der Waals surface area contributed by atoms with Gasteiger partial charge in [0, 0.05) is 48.7 Å². The van der Waals surface area contributed by atoms with Crippen molar-refractivity contribution in [1.82, 2.24) is 19.9 Å². The monoisotopic (exact) mass is 373 g/mol. The summed E-state index contributed by atoms with van der Waals surface area (Å²) >= 11 is 0. The van der Waals surface area contributed by atoms with E-state index in [4.69, 9.17) is 5.73 Å². The van der Waals surface area contributed by atoms with Gasteiger partial charge in [0.25, 0.3) is 0 Å². The van der Waals surface area contributed by atoms with Crippen molar-refractivity contribution < 1.29 is 4.79 Å². The molecule has 6 nitrogen and oxygen atoms in total. The molecule has 3 aromatic rings. The second-order valence-electron chi connectivity index (χ2n) is 7.13. The highest BCUT2D eigenvalue weighted by Crippen LogP contribution is 2.32. The Hall–Kier alpha value is -3.12.